The van der Waals surface area contributed by atoms with Crippen molar-refractivity contribution >= 4 is 39.2 Å². The first kappa shape index (κ1) is 25.7. The summed E-state index contributed by atoms with van der Waals surface area (Å²) in [7, 11) is -0.880. The summed E-state index contributed by atoms with van der Waals surface area (Å²) < 4.78 is 65.5. The van der Waals surface area contributed by atoms with Crippen LogP contribution in [0.4, 0.5) is 36.4 Å². The summed E-state index contributed by atoms with van der Waals surface area (Å²) in [6.45, 7) is -0.200. The molecule has 0 spiro atoms. The summed E-state index contributed by atoms with van der Waals surface area (Å²) in [5, 5.41) is 7.87. The molecular formula is C21H22F3N7O3S. The third-order valence-electron chi connectivity index (χ3n) is 4.81. The van der Waals surface area contributed by atoms with Crippen molar-refractivity contribution in [2.45, 2.75) is 12.7 Å². The first-order chi connectivity index (χ1) is 16.4. The van der Waals surface area contributed by atoms with Crippen LogP contribution in [0.1, 0.15) is 21.5 Å². The maximum absolute atomic E-state index is 13.6. The van der Waals surface area contributed by atoms with Crippen LogP contribution < -0.4 is 20.3 Å². The van der Waals surface area contributed by atoms with Crippen LogP contribution in [0.2, 0.25) is 0 Å². The van der Waals surface area contributed by atoms with Crippen LogP contribution in [-0.4, -0.2) is 49.6 Å². The van der Waals surface area contributed by atoms with Gasteiger partial charge in [0.25, 0.3) is 5.91 Å². The molecule has 1 amide bonds. The van der Waals surface area contributed by atoms with E-state index in [1.165, 1.54) is 38.5 Å². The molecule has 2 heterocycles. The van der Waals surface area contributed by atoms with Crippen LogP contribution in [-0.2, 0) is 22.7 Å². The van der Waals surface area contributed by atoms with E-state index in [0.29, 0.717) is 23.0 Å². The molecule has 0 fully saturated rings. The third kappa shape index (κ3) is 6.35. The zero-order valence-corrected chi connectivity index (χ0v) is 19.7. The monoisotopic (exact) mass is 509 g/mol. The number of amides is 1. The van der Waals surface area contributed by atoms with Gasteiger partial charge in [0.2, 0.25) is 16.0 Å². The Morgan fingerprint density at radius 1 is 1.14 bits per heavy atom. The highest BCUT2D eigenvalue weighted by Gasteiger charge is 2.35. The van der Waals surface area contributed by atoms with Crippen LogP contribution in [0.5, 0.6) is 0 Å². The van der Waals surface area contributed by atoms with E-state index < -0.39 is 27.6 Å². The fourth-order valence-corrected chi connectivity index (χ4v) is 3.46. The smallest absolute Gasteiger partial charge is 0.365 e. The van der Waals surface area contributed by atoms with Gasteiger partial charge in [-0.1, -0.05) is 12.1 Å². The van der Waals surface area contributed by atoms with E-state index in [4.69, 9.17) is 0 Å². The van der Waals surface area contributed by atoms with Crippen molar-refractivity contribution in [3.05, 3.63) is 65.5 Å². The average molecular weight is 510 g/mol. The van der Waals surface area contributed by atoms with E-state index in [1.807, 2.05) is 0 Å². The van der Waals surface area contributed by atoms with Gasteiger partial charge in [0.1, 0.15) is 17.2 Å². The van der Waals surface area contributed by atoms with Crippen molar-refractivity contribution in [1.82, 2.24) is 20.3 Å². The van der Waals surface area contributed by atoms with Crippen molar-refractivity contribution in [2.24, 2.45) is 0 Å². The highest BCUT2D eigenvalue weighted by molar-refractivity contribution is 7.92. The normalized spacial score (nSPS) is 11.6. The van der Waals surface area contributed by atoms with Crippen LogP contribution in [0.25, 0.3) is 0 Å². The quantitative estimate of drug-likeness (QED) is 0.423. The molecule has 14 heteroatoms. The molecule has 0 saturated heterocycles. The van der Waals surface area contributed by atoms with Gasteiger partial charge in [0, 0.05) is 49.8 Å². The minimum Gasteiger partial charge on any atom is -0.365 e. The molecular weight excluding hydrogens is 487 g/mol. The lowest BCUT2D eigenvalue weighted by Gasteiger charge is -2.20. The molecule has 0 aliphatic heterocycles. The SMILES string of the molecule is CNC(=O)c1cccc(Nc2ncc(C(F)(F)F)c(NCc3cccnc3N(C)S(C)(=O)=O)n2)c1. The molecule has 186 valence electrons. The molecule has 3 N–H and O–H groups in total. The number of hydrogen-bond acceptors (Lipinski definition) is 8. The number of halogens is 3. The van der Waals surface area contributed by atoms with Crippen molar-refractivity contribution < 1.29 is 26.4 Å². The summed E-state index contributed by atoms with van der Waals surface area (Å²) in [5.74, 6) is -0.936. The molecule has 0 aliphatic carbocycles. The highest BCUT2D eigenvalue weighted by Crippen LogP contribution is 2.34. The highest BCUT2D eigenvalue weighted by atomic mass is 32.2. The zero-order chi connectivity index (χ0) is 25.8. The number of carbonyl (C=O) groups excluding carboxylic acids is 1. The summed E-state index contributed by atoms with van der Waals surface area (Å²) in [6, 6.07) is 9.34. The van der Waals surface area contributed by atoms with Crippen molar-refractivity contribution in [2.75, 3.05) is 35.3 Å². The number of anilines is 4. The van der Waals surface area contributed by atoms with Crippen LogP contribution in [0.3, 0.4) is 0 Å². The maximum atomic E-state index is 13.6. The maximum Gasteiger partial charge on any atom is 0.421 e. The number of hydrogen-bond donors (Lipinski definition) is 3. The molecule has 10 nitrogen and oxygen atoms in total. The lowest BCUT2D eigenvalue weighted by molar-refractivity contribution is -0.137. The lowest BCUT2D eigenvalue weighted by Crippen LogP contribution is -2.27. The predicted molar refractivity (Wildman–Crippen MR) is 125 cm³/mol. The standard InChI is InChI=1S/C21H22F3N7O3S/c1-25-19(32)13-6-4-8-15(10-13)29-20-28-12-16(21(22,23)24)17(30-20)27-11-14-7-5-9-26-18(14)31(2)35(3,33)34/h4-10,12H,11H2,1-3H3,(H,25,32)(H2,27,28,29,30). The van der Waals surface area contributed by atoms with Crippen LogP contribution >= 0.6 is 0 Å². The van der Waals surface area contributed by atoms with Crippen molar-refractivity contribution in [3.8, 4) is 0 Å². The van der Waals surface area contributed by atoms with Gasteiger partial charge < -0.3 is 16.0 Å². The molecule has 0 saturated carbocycles. The van der Waals surface area contributed by atoms with Gasteiger partial charge in [-0.3, -0.25) is 9.10 Å². The Morgan fingerprint density at radius 3 is 2.54 bits per heavy atom. The Balaban J connectivity index is 1.91. The minimum atomic E-state index is -4.75. The van der Waals surface area contributed by atoms with E-state index in [0.717, 1.165) is 10.6 Å². The minimum absolute atomic E-state index is 0.0643. The van der Waals surface area contributed by atoms with Gasteiger partial charge in [-0.25, -0.2) is 18.4 Å². The Labute approximate surface area is 199 Å². The molecule has 0 radical (unpaired) electrons. The summed E-state index contributed by atoms with van der Waals surface area (Å²) in [6.07, 6.45) is -1.75. The van der Waals surface area contributed by atoms with Crippen LogP contribution in [0, 0.1) is 0 Å². The number of aromatic nitrogens is 3. The van der Waals surface area contributed by atoms with E-state index in [-0.39, 0.29) is 24.2 Å². The van der Waals surface area contributed by atoms with E-state index in [2.05, 4.69) is 30.9 Å². The molecule has 0 unspecified atom stereocenters. The molecule has 0 bridgehead atoms. The van der Waals surface area contributed by atoms with Gasteiger partial charge in [-0.2, -0.15) is 18.2 Å². The fraction of sp³-hybridized carbons (Fsp3) is 0.238. The first-order valence-corrected chi connectivity index (χ1v) is 11.9. The van der Waals surface area contributed by atoms with E-state index in [1.54, 1.807) is 18.2 Å². The molecule has 0 atom stereocenters. The largest absolute Gasteiger partial charge is 0.421 e. The zero-order valence-electron chi connectivity index (χ0n) is 18.9. The number of alkyl halides is 3. The topological polar surface area (TPSA) is 129 Å². The second kappa shape index (κ2) is 10.1. The second-order valence-electron chi connectivity index (χ2n) is 7.31. The Kier molecular flexibility index (Phi) is 7.43. The Hall–Kier alpha value is -3.94. The van der Waals surface area contributed by atoms with Crippen molar-refractivity contribution in [1.29, 1.82) is 0 Å². The number of sulfonamides is 1. The van der Waals surface area contributed by atoms with Crippen LogP contribution in [0.15, 0.2) is 48.8 Å². The van der Waals surface area contributed by atoms with E-state index in [9.17, 15) is 26.4 Å². The van der Waals surface area contributed by atoms with Gasteiger partial charge in [0.15, 0.2) is 0 Å². The molecule has 35 heavy (non-hydrogen) atoms. The number of carbonyl (C=O) groups is 1. The molecule has 0 aliphatic rings. The van der Waals surface area contributed by atoms with Gasteiger partial charge >= 0.3 is 6.18 Å². The lowest BCUT2D eigenvalue weighted by atomic mass is 10.2. The molecule has 2 aromatic heterocycles. The second-order valence-corrected chi connectivity index (χ2v) is 9.32. The molecule has 3 rings (SSSR count). The average Bonchev–Trinajstić information content (AvgIpc) is 2.81. The van der Waals surface area contributed by atoms with Gasteiger partial charge in [0.05, 0.1) is 6.26 Å². The summed E-state index contributed by atoms with van der Waals surface area (Å²) in [4.78, 5) is 23.6. The number of rotatable bonds is 8. The Morgan fingerprint density at radius 2 is 1.89 bits per heavy atom. The first-order valence-electron chi connectivity index (χ1n) is 10.0. The van der Waals surface area contributed by atoms with Gasteiger partial charge in [-0.15, -0.1) is 0 Å². The summed E-state index contributed by atoms with van der Waals surface area (Å²) in [5.41, 5.74) is -0.0491. The predicted octanol–water partition coefficient (Wildman–Crippen LogP) is 3.00. The molecule has 1 aromatic carbocycles. The van der Waals surface area contributed by atoms with Crippen molar-refractivity contribution in [3.63, 3.8) is 0 Å². The fourth-order valence-electron chi connectivity index (χ4n) is 2.98. The summed E-state index contributed by atoms with van der Waals surface area (Å²) >= 11 is 0. The molecule has 3 aromatic rings. The third-order valence-corrected chi connectivity index (χ3v) is 5.98. The number of nitrogens with zero attached hydrogens (tertiary/aromatic N) is 4. The number of pyridine rings is 1. The van der Waals surface area contributed by atoms with Gasteiger partial charge in [-0.05, 0) is 24.3 Å². The number of nitrogens with one attached hydrogen (secondary N) is 3. The van der Waals surface area contributed by atoms with E-state index >= 15 is 0 Å². The number of benzene rings is 1. The Bertz CT molecular complexity index is 1330.